The number of nitrogens with two attached hydrogens (primary N) is 2. The number of ether oxygens (including phenoxy) is 1. The molecule has 29 heavy (non-hydrogen) atoms. The van der Waals surface area contributed by atoms with Crippen LogP contribution in [0.25, 0.3) is 0 Å². The SMILES string of the molecule is C[C@H](N)C(=O)N(C(=O)C(C)(C)N)C(=O)C(C)(C)N(C)C(=O)OCc1ccccc1. The van der Waals surface area contributed by atoms with Gasteiger partial charge >= 0.3 is 6.09 Å². The van der Waals surface area contributed by atoms with Crippen molar-refractivity contribution in [1.82, 2.24) is 9.80 Å². The molecule has 0 unspecified atom stereocenters. The molecule has 0 bridgehead atoms. The van der Waals surface area contributed by atoms with Crippen molar-refractivity contribution in [2.45, 2.75) is 58.3 Å². The van der Waals surface area contributed by atoms with Gasteiger partial charge in [0.1, 0.15) is 12.1 Å². The van der Waals surface area contributed by atoms with Crippen LogP contribution in [0.3, 0.4) is 0 Å². The lowest BCUT2D eigenvalue weighted by Crippen LogP contribution is -2.65. The van der Waals surface area contributed by atoms with Crippen LogP contribution in [0.1, 0.15) is 40.2 Å². The lowest BCUT2D eigenvalue weighted by molar-refractivity contribution is -0.161. The summed E-state index contributed by atoms with van der Waals surface area (Å²) >= 11 is 0. The van der Waals surface area contributed by atoms with Crippen LogP contribution in [0.5, 0.6) is 0 Å². The summed E-state index contributed by atoms with van der Waals surface area (Å²) in [5.74, 6) is -2.75. The molecule has 9 heteroatoms. The molecule has 0 aromatic heterocycles. The average Bonchev–Trinajstić information content (AvgIpc) is 2.65. The summed E-state index contributed by atoms with van der Waals surface area (Å²) in [5, 5.41) is 0. The lowest BCUT2D eigenvalue weighted by Gasteiger charge is -2.38. The number of rotatable bonds is 6. The van der Waals surface area contributed by atoms with Crippen LogP contribution in [0.2, 0.25) is 0 Å². The molecule has 0 saturated carbocycles. The second kappa shape index (κ2) is 9.15. The van der Waals surface area contributed by atoms with Gasteiger partial charge in [-0.25, -0.2) is 9.69 Å². The molecule has 0 saturated heterocycles. The second-order valence-electron chi connectivity index (χ2n) is 7.95. The molecule has 0 fully saturated rings. The third-order valence-electron chi connectivity index (χ3n) is 4.41. The Morgan fingerprint density at radius 2 is 1.55 bits per heavy atom. The van der Waals surface area contributed by atoms with Crippen LogP contribution in [-0.4, -0.2) is 57.8 Å². The van der Waals surface area contributed by atoms with Crippen LogP contribution in [0.4, 0.5) is 4.79 Å². The maximum Gasteiger partial charge on any atom is 0.410 e. The number of nitrogens with zero attached hydrogens (tertiary/aromatic N) is 2. The molecule has 1 atom stereocenters. The Morgan fingerprint density at radius 1 is 1.03 bits per heavy atom. The van der Waals surface area contributed by atoms with Gasteiger partial charge in [-0.1, -0.05) is 30.3 Å². The highest BCUT2D eigenvalue weighted by Crippen LogP contribution is 2.20. The minimum Gasteiger partial charge on any atom is -0.445 e. The highest BCUT2D eigenvalue weighted by atomic mass is 16.6. The number of imide groups is 3. The van der Waals surface area contributed by atoms with Gasteiger partial charge in [0.2, 0.25) is 0 Å². The molecule has 9 nitrogen and oxygen atoms in total. The van der Waals surface area contributed by atoms with E-state index < -0.39 is 40.9 Å². The Kier molecular flexibility index (Phi) is 7.65. The summed E-state index contributed by atoms with van der Waals surface area (Å²) in [4.78, 5) is 52.2. The first kappa shape index (κ1) is 24.3. The van der Waals surface area contributed by atoms with Gasteiger partial charge in [0, 0.05) is 7.05 Å². The average molecular weight is 406 g/mol. The molecule has 1 aromatic carbocycles. The number of likely N-dealkylation sites (N-methyl/N-ethyl adjacent to an activating group) is 1. The van der Waals surface area contributed by atoms with Crippen molar-refractivity contribution in [2.24, 2.45) is 11.5 Å². The second-order valence-corrected chi connectivity index (χ2v) is 7.95. The van der Waals surface area contributed by atoms with Crippen molar-refractivity contribution < 1.29 is 23.9 Å². The minimum atomic E-state index is -1.58. The van der Waals surface area contributed by atoms with Gasteiger partial charge in [0.05, 0.1) is 11.6 Å². The smallest absolute Gasteiger partial charge is 0.410 e. The standard InChI is InChI=1S/C20H30N4O5/c1-13(21)15(25)24(16(26)19(2,3)22)17(27)20(4,5)23(6)18(28)29-12-14-10-8-7-9-11-14/h7-11,13H,12,21-22H2,1-6H3/t13-/m0/s1. The van der Waals surface area contributed by atoms with E-state index in [9.17, 15) is 19.2 Å². The monoisotopic (exact) mass is 406 g/mol. The highest BCUT2D eigenvalue weighted by molar-refractivity contribution is 6.16. The number of carbonyl (C=O) groups is 4. The Labute approximate surface area is 170 Å². The molecule has 0 aliphatic rings. The summed E-state index contributed by atoms with van der Waals surface area (Å²) < 4.78 is 5.24. The van der Waals surface area contributed by atoms with E-state index in [1.165, 1.54) is 41.7 Å². The zero-order chi connectivity index (χ0) is 22.6. The van der Waals surface area contributed by atoms with Crippen LogP contribution in [0, 0.1) is 0 Å². The summed E-state index contributed by atoms with van der Waals surface area (Å²) in [7, 11) is 1.35. The van der Waals surface area contributed by atoms with E-state index in [-0.39, 0.29) is 6.61 Å². The molecule has 0 aliphatic heterocycles. The Morgan fingerprint density at radius 3 is 2.00 bits per heavy atom. The molecule has 4 N–H and O–H groups in total. The van der Waals surface area contributed by atoms with E-state index in [0.717, 1.165) is 10.5 Å². The molecule has 0 radical (unpaired) electrons. The van der Waals surface area contributed by atoms with Crippen LogP contribution < -0.4 is 11.5 Å². The van der Waals surface area contributed by atoms with Crippen LogP contribution >= 0.6 is 0 Å². The molecule has 0 spiro atoms. The van der Waals surface area contributed by atoms with Crippen molar-refractivity contribution in [2.75, 3.05) is 7.05 Å². The fourth-order valence-electron chi connectivity index (χ4n) is 2.25. The van der Waals surface area contributed by atoms with Crippen molar-refractivity contribution in [3.8, 4) is 0 Å². The molecule has 0 aliphatic carbocycles. The van der Waals surface area contributed by atoms with Crippen LogP contribution in [0.15, 0.2) is 30.3 Å². The predicted octanol–water partition coefficient (Wildman–Crippen LogP) is 1.000. The maximum atomic E-state index is 13.1. The highest BCUT2D eigenvalue weighted by Gasteiger charge is 2.46. The largest absolute Gasteiger partial charge is 0.445 e. The molecular weight excluding hydrogens is 376 g/mol. The van der Waals surface area contributed by atoms with E-state index in [1.54, 1.807) is 24.3 Å². The van der Waals surface area contributed by atoms with Crippen LogP contribution in [-0.2, 0) is 25.7 Å². The summed E-state index contributed by atoms with van der Waals surface area (Å²) in [6, 6.07) is 7.90. The van der Waals surface area contributed by atoms with Gasteiger partial charge < -0.3 is 16.2 Å². The zero-order valence-corrected chi connectivity index (χ0v) is 17.8. The topological polar surface area (TPSA) is 136 Å². The van der Waals surface area contributed by atoms with E-state index >= 15 is 0 Å². The first-order valence-electron chi connectivity index (χ1n) is 9.13. The molecule has 1 aromatic rings. The normalized spacial score (nSPS) is 12.7. The third kappa shape index (κ3) is 5.85. The summed E-state index contributed by atoms with van der Waals surface area (Å²) in [5.41, 5.74) is 9.10. The van der Waals surface area contributed by atoms with Crippen molar-refractivity contribution in [3.05, 3.63) is 35.9 Å². The van der Waals surface area contributed by atoms with Gasteiger partial charge in [-0.2, -0.15) is 0 Å². The van der Waals surface area contributed by atoms with E-state index in [2.05, 4.69) is 0 Å². The maximum absolute atomic E-state index is 13.1. The van der Waals surface area contributed by atoms with Gasteiger partial charge in [0.15, 0.2) is 0 Å². The zero-order valence-electron chi connectivity index (χ0n) is 17.8. The number of amides is 4. The number of carbonyl (C=O) groups excluding carboxylic acids is 4. The van der Waals surface area contributed by atoms with E-state index in [1.807, 2.05) is 6.07 Å². The number of benzene rings is 1. The van der Waals surface area contributed by atoms with Gasteiger partial charge in [0.25, 0.3) is 17.7 Å². The fourth-order valence-corrected chi connectivity index (χ4v) is 2.25. The van der Waals surface area contributed by atoms with Gasteiger partial charge in [-0.3, -0.25) is 19.3 Å². The fraction of sp³-hybridized carbons (Fsp3) is 0.500. The first-order valence-corrected chi connectivity index (χ1v) is 9.13. The van der Waals surface area contributed by atoms with E-state index in [4.69, 9.17) is 16.2 Å². The summed E-state index contributed by atoms with van der Waals surface area (Å²) in [6.45, 7) is 6.90. The Balaban J connectivity index is 3.08. The van der Waals surface area contributed by atoms with Crippen molar-refractivity contribution in [3.63, 3.8) is 0 Å². The quantitative estimate of drug-likeness (QED) is 0.719. The van der Waals surface area contributed by atoms with Gasteiger partial charge in [-0.05, 0) is 40.2 Å². The van der Waals surface area contributed by atoms with Crippen molar-refractivity contribution >= 4 is 23.8 Å². The lowest BCUT2D eigenvalue weighted by atomic mass is 9.98. The molecular formula is C20H30N4O5. The van der Waals surface area contributed by atoms with Gasteiger partial charge in [-0.15, -0.1) is 0 Å². The number of hydrogen-bond donors (Lipinski definition) is 2. The first-order chi connectivity index (χ1) is 13.2. The summed E-state index contributed by atoms with van der Waals surface area (Å²) in [6.07, 6.45) is -0.792. The predicted molar refractivity (Wildman–Crippen MR) is 107 cm³/mol. The molecule has 1 rings (SSSR count). The molecule has 160 valence electrons. The number of hydrogen-bond acceptors (Lipinski definition) is 7. The minimum absolute atomic E-state index is 0.00548. The Hall–Kier alpha value is -2.78. The van der Waals surface area contributed by atoms with Crippen molar-refractivity contribution in [1.29, 1.82) is 0 Å². The molecule has 0 heterocycles. The molecule has 4 amide bonds. The van der Waals surface area contributed by atoms with E-state index in [0.29, 0.717) is 4.90 Å². The third-order valence-corrected chi connectivity index (χ3v) is 4.41. The Bertz CT molecular complexity index is 769.